The first-order chi connectivity index (χ1) is 7.77. The Balaban J connectivity index is 0.000000606. The summed E-state index contributed by atoms with van der Waals surface area (Å²) in [4.78, 5) is 2.33. The van der Waals surface area contributed by atoms with E-state index in [0.717, 1.165) is 39.1 Å². The van der Waals surface area contributed by atoms with Crippen LogP contribution < -0.4 is 10.6 Å². The Hall–Kier alpha value is -1.26. The quantitative estimate of drug-likeness (QED) is 0.699. The van der Waals surface area contributed by atoms with Gasteiger partial charge in [0.2, 0.25) is 0 Å². The number of aliphatic hydroxyl groups excluding tert-OH is 1. The molecule has 1 aliphatic heterocycles. The Morgan fingerprint density at radius 1 is 1.25 bits per heavy atom. The number of benzene rings is 1. The topological polar surface area (TPSA) is 58.7 Å². The van der Waals surface area contributed by atoms with Crippen molar-refractivity contribution in [2.24, 2.45) is 0 Å². The van der Waals surface area contributed by atoms with Gasteiger partial charge in [0.15, 0.2) is 0 Å². The van der Waals surface area contributed by atoms with Gasteiger partial charge >= 0.3 is 0 Å². The summed E-state index contributed by atoms with van der Waals surface area (Å²) in [6.07, 6.45) is 0. The maximum atomic E-state index is 7.00. The van der Waals surface area contributed by atoms with Crippen LogP contribution >= 0.6 is 0 Å². The van der Waals surface area contributed by atoms with Crippen molar-refractivity contribution in [3.63, 3.8) is 0 Å². The van der Waals surface area contributed by atoms with Crippen LogP contribution in [0.1, 0.15) is 5.56 Å². The Morgan fingerprint density at radius 2 is 1.88 bits per heavy atom. The van der Waals surface area contributed by atoms with E-state index in [1.54, 1.807) is 0 Å². The van der Waals surface area contributed by atoms with Crippen molar-refractivity contribution in [2.75, 3.05) is 44.0 Å². The third-order valence-electron chi connectivity index (χ3n) is 2.58. The number of nitrogens with zero attached hydrogens (tertiary/aromatic N) is 1. The first-order valence-electron chi connectivity index (χ1n) is 5.41. The molecule has 1 heterocycles. The Labute approximate surface area is 96.6 Å². The molecule has 16 heavy (non-hydrogen) atoms. The molecule has 4 nitrogen and oxygen atoms in total. The Morgan fingerprint density at radius 3 is 2.50 bits per heavy atom. The molecule has 1 aromatic carbocycles. The number of rotatable bonds is 1. The minimum absolute atomic E-state index is 0.814. The number of aryl methyl sites for hydroxylation is 1. The van der Waals surface area contributed by atoms with Crippen LogP contribution in [0.3, 0.4) is 0 Å². The second-order valence-corrected chi connectivity index (χ2v) is 3.65. The minimum Gasteiger partial charge on any atom is -0.400 e. The van der Waals surface area contributed by atoms with Crippen LogP contribution in [-0.2, 0) is 4.74 Å². The van der Waals surface area contributed by atoms with Crippen LogP contribution in [0.2, 0.25) is 0 Å². The predicted octanol–water partition coefficient (Wildman–Crippen LogP) is 1.02. The minimum atomic E-state index is 0.814. The summed E-state index contributed by atoms with van der Waals surface area (Å²) >= 11 is 0. The molecule has 0 saturated carbocycles. The third-order valence-corrected chi connectivity index (χ3v) is 2.58. The van der Waals surface area contributed by atoms with Gasteiger partial charge in [-0.25, -0.2) is 0 Å². The van der Waals surface area contributed by atoms with Crippen molar-refractivity contribution in [2.45, 2.75) is 6.92 Å². The zero-order valence-electron chi connectivity index (χ0n) is 9.94. The fraction of sp³-hybridized carbons (Fsp3) is 0.500. The van der Waals surface area contributed by atoms with Crippen molar-refractivity contribution in [1.82, 2.24) is 0 Å². The van der Waals surface area contributed by atoms with Crippen LogP contribution in [0.5, 0.6) is 0 Å². The second-order valence-electron chi connectivity index (χ2n) is 3.65. The summed E-state index contributed by atoms with van der Waals surface area (Å²) in [5.74, 6) is 0. The smallest absolute Gasteiger partial charge is 0.0642 e. The summed E-state index contributed by atoms with van der Waals surface area (Å²) < 4.78 is 5.32. The molecule has 1 fully saturated rings. The molecule has 1 aliphatic rings. The fourth-order valence-electron chi connectivity index (χ4n) is 1.77. The molecule has 4 heteroatoms. The summed E-state index contributed by atoms with van der Waals surface area (Å²) in [6, 6.07) is 6.06. The van der Waals surface area contributed by atoms with Crippen molar-refractivity contribution in [3.05, 3.63) is 23.8 Å². The number of nitrogen functional groups attached to an aromatic ring is 1. The van der Waals surface area contributed by atoms with Gasteiger partial charge in [-0.3, -0.25) is 0 Å². The molecule has 0 bridgehead atoms. The van der Waals surface area contributed by atoms with Crippen LogP contribution in [0.4, 0.5) is 11.4 Å². The molecule has 0 atom stereocenters. The van der Waals surface area contributed by atoms with E-state index < -0.39 is 0 Å². The highest BCUT2D eigenvalue weighted by atomic mass is 16.5. The molecule has 0 aliphatic carbocycles. The first-order valence-corrected chi connectivity index (χ1v) is 5.41. The monoisotopic (exact) mass is 224 g/mol. The number of aliphatic hydroxyl groups is 1. The predicted molar refractivity (Wildman–Crippen MR) is 66.8 cm³/mol. The van der Waals surface area contributed by atoms with E-state index in [0.29, 0.717) is 0 Å². The Kier molecular flexibility index (Phi) is 5.08. The van der Waals surface area contributed by atoms with Gasteiger partial charge in [-0.15, -0.1) is 0 Å². The number of nitrogens with two attached hydrogens (primary N) is 1. The number of hydrogen-bond acceptors (Lipinski definition) is 4. The van der Waals surface area contributed by atoms with E-state index >= 15 is 0 Å². The van der Waals surface area contributed by atoms with E-state index in [4.69, 9.17) is 15.6 Å². The highest BCUT2D eigenvalue weighted by Gasteiger charge is 2.12. The molecular formula is C12H20N2O2. The lowest BCUT2D eigenvalue weighted by Crippen LogP contribution is -2.36. The van der Waals surface area contributed by atoms with Crippen molar-refractivity contribution in [3.8, 4) is 0 Å². The van der Waals surface area contributed by atoms with Gasteiger partial charge in [0.1, 0.15) is 0 Å². The maximum absolute atomic E-state index is 7.00. The van der Waals surface area contributed by atoms with Crippen LogP contribution in [-0.4, -0.2) is 38.5 Å². The summed E-state index contributed by atoms with van der Waals surface area (Å²) in [5, 5.41) is 7.00. The van der Waals surface area contributed by atoms with E-state index in [1.807, 2.05) is 12.1 Å². The average molecular weight is 224 g/mol. The fourth-order valence-corrected chi connectivity index (χ4v) is 1.77. The molecule has 1 aromatic rings. The number of morpholine rings is 1. The normalized spacial score (nSPS) is 15.3. The molecule has 1 saturated heterocycles. The summed E-state index contributed by atoms with van der Waals surface area (Å²) in [6.45, 7) is 5.67. The molecular weight excluding hydrogens is 204 g/mol. The van der Waals surface area contributed by atoms with Gasteiger partial charge in [0.25, 0.3) is 0 Å². The lowest BCUT2D eigenvalue weighted by atomic mass is 10.1. The van der Waals surface area contributed by atoms with Gasteiger partial charge in [-0.1, -0.05) is 6.07 Å². The number of anilines is 2. The largest absolute Gasteiger partial charge is 0.400 e. The molecule has 0 spiro atoms. The van der Waals surface area contributed by atoms with Crippen molar-refractivity contribution in [1.29, 1.82) is 0 Å². The molecule has 0 amide bonds. The number of ether oxygens (including phenoxy) is 1. The lowest BCUT2D eigenvalue weighted by Gasteiger charge is -2.30. The van der Waals surface area contributed by atoms with Crippen LogP contribution in [0.25, 0.3) is 0 Å². The lowest BCUT2D eigenvalue weighted by molar-refractivity contribution is 0.122. The second kappa shape index (κ2) is 6.35. The van der Waals surface area contributed by atoms with Gasteiger partial charge in [0, 0.05) is 31.6 Å². The summed E-state index contributed by atoms with van der Waals surface area (Å²) in [5.41, 5.74) is 9.13. The SMILES string of the molecule is CO.Cc1ccc(N)cc1N1CCOCC1. The Bertz CT molecular complexity index is 323. The first kappa shape index (κ1) is 12.8. The van der Waals surface area contributed by atoms with E-state index in [9.17, 15) is 0 Å². The maximum Gasteiger partial charge on any atom is 0.0642 e. The van der Waals surface area contributed by atoms with E-state index in [2.05, 4.69) is 17.9 Å². The molecule has 0 unspecified atom stereocenters. The highest BCUT2D eigenvalue weighted by molar-refractivity contribution is 5.61. The molecule has 2 rings (SSSR count). The van der Waals surface area contributed by atoms with Gasteiger partial charge in [-0.05, 0) is 24.6 Å². The molecule has 90 valence electrons. The molecule has 0 radical (unpaired) electrons. The standard InChI is InChI=1S/C11H16N2O.CH4O/c1-9-2-3-10(12)8-11(9)13-4-6-14-7-5-13;1-2/h2-3,8H,4-7,12H2,1H3;2H,1H3. The number of hydrogen-bond donors (Lipinski definition) is 2. The van der Waals surface area contributed by atoms with Crippen molar-refractivity contribution < 1.29 is 9.84 Å². The summed E-state index contributed by atoms with van der Waals surface area (Å²) in [7, 11) is 1.00. The zero-order valence-corrected chi connectivity index (χ0v) is 9.94. The van der Waals surface area contributed by atoms with Gasteiger partial charge in [0.05, 0.1) is 13.2 Å². The van der Waals surface area contributed by atoms with Crippen LogP contribution in [0, 0.1) is 6.92 Å². The zero-order chi connectivity index (χ0) is 12.0. The van der Waals surface area contributed by atoms with Crippen molar-refractivity contribution >= 4 is 11.4 Å². The molecule has 0 aromatic heterocycles. The average Bonchev–Trinajstić information content (AvgIpc) is 2.36. The van der Waals surface area contributed by atoms with Gasteiger partial charge in [-0.2, -0.15) is 0 Å². The third kappa shape index (κ3) is 3.12. The van der Waals surface area contributed by atoms with E-state index in [1.165, 1.54) is 11.3 Å². The van der Waals surface area contributed by atoms with Gasteiger partial charge < -0.3 is 20.5 Å². The highest BCUT2D eigenvalue weighted by Crippen LogP contribution is 2.23. The van der Waals surface area contributed by atoms with Crippen LogP contribution in [0.15, 0.2) is 18.2 Å². The molecule has 3 N–H and O–H groups in total. The van der Waals surface area contributed by atoms with E-state index in [-0.39, 0.29) is 0 Å².